The summed E-state index contributed by atoms with van der Waals surface area (Å²) in [6.45, 7) is 6.56. The van der Waals surface area contributed by atoms with Gasteiger partial charge in [0.1, 0.15) is 0 Å². The van der Waals surface area contributed by atoms with E-state index in [0.29, 0.717) is 6.61 Å². The molecule has 0 aliphatic carbocycles. The zero-order chi connectivity index (χ0) is 11.9. The maximum absolute atomic E-state index is 9.71. The van der Waals surface area contributed by atoms with Crippen molar-refractivity contribution in [3.8, 4) is 0 Å². The molecule has 0 saturated carbocycles. The Hall–Kier alpha value is 0.530. The van der Waals surface area contributed by atoms with Crippen LogP contribution in [0.1, 0.15) is 40.5 Å². The zero-order valence-electron chi connectivity index (χ0n) is 10.1. The van der Waals surface area contributed by atoms with Crippen molar-refractivity contribution in [2.75, 3.05) is 13.2 Å². The minimum absolute atomic E-state index is 0.0411. The van der Waals surface area contributed by atoms with Gasteiger partial charge in [-0.25, -0.2) is 0 Å². The first-order valence-corrected chi connectivity index (χ1v) is 8.19. The molecule has 0 aromatic carbocycles. The molecule has 1 atom stereocenters. The highest BCUT2D eigenvalue weighted by Crippen LogP contribution is 2.47. The van der Waals surface area contributed by atoms with Gasteiger partial charge in [0.05, 0.1) is 12.7 Å². The van der Waals surface area contributed by atoms with Gasteiger partial charge in [-0.3, -0.25) is 0 Å². The third-order valence-corrected chi connectivity index (χ3v) is 5.36. The van der Waals surface area contributed by atoms with Crippen LogP contribution in [0.5, 0.6) is 0 Å². The Morgan fingerprint density at radius 3 is 2.13 bits per heavy atom. The highest BCUT2D eigenvalue weighted by molar-refractivity contribution is 8.09. The molecule has 0 aromatic rings. The van der Waals surface area contributed by atoms with Crippen LogP contribution in [-0.2, 0) is 21.1 Å². The maximum Gasteiger partial charge on any atom is 0.188 e. The summed E-state index contributed by atoms with van der Waals surface area (Å²) in [5, 5.41) is 0. The molecular formula is C10H23O3PS. The number of unbranched alkanes of at least 4 members (excludes halogenated alkanes) is 1. The fourth-order valence-corrected chi connectivity index (χ4v) is 1.78. The van der Waals surface area contributed by atoms with Gasteiger partial charge in [-0.15, -0.1) is 0 Å². The fraction of sp³-hybridized carbons (Fsp3) is 1.00. The molecule has 0 heterocycles. The van der Waals surface area contributed by atoms with Crippen molar-refractivity contribution in [1.82, 2.24) is 0 Å². The summed E-state index contributed by atoms with van der Waals surface area (Å²) in [4.78, 5) is 9.71. The lowest BCUT2D eigenvalue weighted by atomic mass is 10.3. The van der Waals surface area contributed by atoms with Crippen LogP contribution < -0.4 is 0 Å². The Morgan fingerprint density at radius 1 is 1.13 bits per heavy atom. The first-order valence-electron chi connectivity index (χ1n) is 5.45. The lowest BCUT2D eigenvalue weighted by Gasteiger charge is -2.19. The molecule has 3 nitrogen and oxygen atoms in total. The van der Waals surface area contributed by atoms with Gasteiger partial charge in [-0.1, -0.05) is 13.8 Å². The van der Waals surface area contributed by atoms with Gasteiger partial charge in [0.25, 0.3) is 0 Å². The highest BCUT2D eigenvalue weighted by atomic mass is 32.5. The molecule has 1 N–H and O–H groups in total. The smallest absolute Gasteiger partial charge is 0.188 e. The Kier molecular flexibility index (Phi) is 8.02. The molecule has 0 aromatic heterocycles. The standard InChI is InChI=1S/C10H23O3PS/c1-9(2)12-7-5-6-8-13-14(11,15)10(3)4/h9-10H,5-8H2,1-4H3,(H,11,15). The third kappa shape index (κ3) is 8.35. The van der Waals surface area contributed by atoms with E-state index in [1.165, 1.54) is 0 Å². The van der Waals surface area contributed by atoms with Crippen LogP contribution in [0.3, 0.4) is 0 Å². The van der Waals surface area contributed by atoms with Gasteiger partial charge in [-0.05, 0) is 38.5 Å². The molecular weight excluding hydrogens is 231 g/mol. The first kappa shape index (κ1) is 15.5. The predicted molar refractivity (Wildman–Crippen MR) is 67.9 cm³/mol. The number of hydrogen-bond acceptors (Lipinski definition) is 3. The summed E-state index contributed by atoms with van der Waals surface area (Å²) in [7, 11) is 0. The molecule has 0 bridgehead atoms. The molecule has 0 aliphatic heterocycles. The van der Waals surface area contributed by atoms with Crippen molar-refractivity contribution >= 4 is 18.3 Å². The van der Waals surface area contributed by atoms with Gasteiger partial charge in [0.2, 0.25) is 0 Å². The largest absolute Gasteiger partial charge is 0.379 e. The quantitative estimate of drug-likeness (QED) is 0.534. The number of rotatable bonds is 8. The zero-order valence-corrected chi connectivity index (χ0v) is 11.8. The average Bonchev–Trinajstić information content (AvgIpc) is 2.10. The average molecular weight is 254 g/mol. The molecule has 0 amide bonds. The summed E-state index contributed by atoms with van der Waals surface area (Å²) in [6, 6.07) is 0. The fourth-order valence-electron chi connectivity index (χ4n) is 0.868. The van der Waals surface area contributed by atoms with Gasteiger partial charge in [-0.2, -0.15) is 0 Å². The van der Waals surface area contributed by atoms with Crippen LogP contribution >= 0.6 is 6.49 Å². The normalized spacial score (nSPS) is 15.9. The van der Waals surface area contributed by atoms with E-state index in [0.717, 1.165) is 19.4 Å². The minimum atomic E-state index is -2.54. The molecule has 1 unspecified atom stereocenters. The second-order valence-electron chi connectivity index (χ2n) is 4.12. The van der Waals surface area contributed by atoms with E-state index in [1.54, 1.807) is 0 Å². The highest BCUT2D eigenvalue weighted by Gasteiger charge is 2.17. The predicted octanol–water partition coefficient (Wildman–Crippen LogP) is 2.92. The molecule has 0 rings (SSSR count). The van der Waals surface area contributed by atoms with E-state index in [2.05, 4.69) is 0 Å². The van der Waals surface area contributed by atoms with Crippen molar-refractivity contribution in [3.63, 3.8) is 0 Å². The van der Waals surface area contributed by atoms with Gasteiger partial charge < -0.3 is 14.2 Å². The van der Waals surface area contributed by atoms with Gasteiger partial charge in [0, 0.05) is 12.3 Å². The van der Waals surface area contributed by atoms with Crippen LogP contribution in [0.15, 0.2) is 0 Å². The number of hydrogen-bond donors (Lipinski definition) is 1. The van der Waals surface area contributed by atoms with E-state index in [1.807, 2.05) is 27.7 Å². The van der Waals surface area contributed by atoms with E-state index >= 15 is 0 Å². The van der Waals surface area contributed by atoms with Crippen molar-refractivity contribution in [2.24, 2.45) is 0 Å². The van der Waals surface area contributed by atoms with Crippen LogP contribution in [-0.4, -0.2) is 29.9 Å². The van der Waals surface area contributed by atoms with E-state index in [4.69, 9.17) is 21.1 Å². The Labute approximate surface area is 98.3 Å². The lowest BCUT2D eigenvalue weighted by Crippen LogP contribution is -2.06. The Bertz CT molecular complexity index is 207. The third-order valence-electron chi connectivity index (χ3n) is 1.92. The molecule has 5 heteroatoms. The summed E-state index contributed by atoms with van der Waals surface area (Å²) in [5.41, 5.74) is 0.0411. The summed E-state index contributed by atoms with van der Waals surface area (Å²) in [6.07, 6.45) is 2.12. The van der Waals surface area contributed by atoms with E-state index < -0.39 is 6.49 Å². The van der Waals surface area contributed by atoms with Crippen molar-refractivity contribution in [2.45, 2.75) is 52.3 Å². The van der Waals surface area contributed by atoms with Gasteiger partial charge >= 0.3 is 0 Å². The summed E-state index contributed by atoms with van der Waals surface area (Å²) < 4.78 is 10.7. The molecule has 0 saturated heterocycles. The molecule has 0 radical (unpaired) electrons. The van der Waals surface area contributed by atoms with Crippen LogP contribution in [0.4, 0.5) is 0 Å². The van der Waals surface area contributed by atoms with Crippen molar-refractivity contribution in [1.29, 1.82) is 0 Å². The number of ether oxygens (including phenoxy) is 1. The van der Waals surface area contributed by atoms with E-state index in [9.17, 15) is 4.89 Å². The minimum Gasteiger partial charge on any atom is -0.379 e. The second kappa shape index (κ2) is 7.75. The molecule has 0 fully saturated rings. The van der Waals surface area contributed by atoms with Crippen LogP contribution in [0.25, 0.3) is 0 Å². The maximum atomic E-state index is 9.71. The van der Waals surface area contributed by atoms with E-state index in [-0.39, 0.29) is 11.8 Å². The topological polar surface area (TPSA) is 38.7 Å². The van der Waals surface area contributed by atoms with Gasteiger partial charge in [0.15, 0.2) is 6.49 Å². The molecule has 0 spiro atoms. The van der Waals surface area contributed by atoms with Crippen molar-refractivity contribution in [3.05, 3.63) is 0 Å². The Morgan fingerprint density at radius 2 is 1.67 bits per heavy atom. The summed E-state index contributed by atoms with van der Waals surface area (Å²) in [5.74, 6) is 0. The summed E-state index contributed by atoms with van der Waals surface area (Å²) >= 11 is 5.00. The molecule has 15 heavy (non-hydrogen) atoms. The molecule has 0 aliphatic rings. The van der Waals surface area contributed by atoms with Crippen LogP contribution in [0, 0.1) is 0 Å². The monoisotopic (exact) mass is 254 g/mol. The lowest BCUT2D eigenvalue weighted by molar-refractivity contribution is 0.0738. The first-order chi connectivity index (χ1) is 6.86. The second-order valence-corrected chi connectivity index (χ2v) is 8.11. The van der Waals surface area contributed by atoms with Crippen molar-refractivity contribution < 1.29 is 14.2 Å². The SMILES string of the molecule is CC(C)OCCCCOP(O)(=S)C(C)C. The molecule has 92 valence electrons. The Balaban J connectivity index is 3.43. The van der Waals surface area contributed by atoms with Crippen LogP contribution in [0.2, 0.25) is 0 Å².